The van der Waals surface area contributed by atoms with Gasteiger partial charge in [-0.2, -0.15) is 0 Å². The Balaban J connectivity index is 1.31. The molecule has 1 amide bonds. The van der Waals surface area contributed by atoms with Crippen LogP contribution in [0.2, 0.25) is 0 Å². The Hall–Kier alpha value is -2.80. The molecule has 0 fully saturated rings. The molecule has 0 bridgehead atoms. The number of halogens is 1. The van der Waals surface area contributed by atoms with Crippen LogP contribution in [0.15, 0.2) is 47.1 Å². The highest BCUT2D eigenvalue weighted by molar-refractivity contribution is 9.10. The van der Waals surface area contributed by atoms with Crippen molar-refractivity contribution in [1.29, 1.82) is 0 Å². The minimum absolute atomic E-state index is 0.0892. The van der Waals surface area contributed by atoms with Crippen LogP contribution in [0, 0.1) is 0 Å². The van der Waals surface area contributed by atoms with Crippen molar-refractivity contribution in [2.45, 2.75) is 32.2 Å². The van der Waals surface area contributed by atoms with E-state index in [1.165, 1.54) is 12.8 Å². The molecular formula is C23H22BrN3O3. The molecule has 5 rings (SSSR count). The molecular weight excluding hydrogens is 446 g/mol. The van der Waals surface area contributed by atoms with Crippen LogP contribution < -0.4 is 14.8 Å². The molecule has 6 nitrogen and oxygen atoms in total. The highest BCUT2D eigenvalue weighted by Gasteiger charge is 2.17. The van der Waals surface area contributed by atoms with Gasteiger partial charge < -0.3 is 19.4 Å². The lowest BCUT2D eigenvalue weighted by Gasteiger charge is -2.19. The summed E-state index contributed by atoms with van der Waals surface area (Å²) in [4.78, 5) is 17.5. The van der Waals surface area contributed by atoms with Gasteiger partial charge in [-0.25, -0.2) is 4.98 Å². The van der Waals surface area contributed by atoms with E-state index in [9.17, 15) is 4.79 Å². The summed E-state index contributed by atoms with van der Waals surface area (Å²) in [6, 6.07) is 11.6. The summed E-state index contributed by atoms with van der Waals surface area (Å²) in [7, 11) is 0. The summed E-state index contributed by atoms with van der Waals surface area (Å²) < 4.78 is 14.3. The monoisotopic (exact) mass is 467 g/mol. The van der Waals surface area contributed by atoms with E-state index in [1.54, 1.807) is 0 Å². The average Bonchev–Trinajstić information content (AvgIpc) is 3.19. The van der Waals surface area contributed by atoms with Crippen molar-refractivity contribution < 1.29 is 14.3 Å². The fourth-order valence-corrected chi connectivity index (χ4v) is 4.39. The highest BCUT2D eigenvalue weighted by atomic mass is 79.9. The number of anilines is 1. The number of nitrogens with one attached hydrogen (secondary N) is 1. The first-order chi connectivity index (χ1) is 14.7. The second-order valence-electron chi connectivity index (χ2n) is 7.59. The quantitative estimate of drug-likeness (QED) is 0.608. The first-order valence-corrected chi connectivity index (χ1v) is 11.0. The molecule has 3 heterocycles. The van der Waals surface area contributed by atoms with Crippen molar-refractivity contribution in [3.8, 4) is 22.8 Å². The maximum atomic E-state index is 12.7. The molecule has 1 aromatic heterocycles. The van der Waals surface area contributed by atoms with Gasteiger partial charge in [0.1, 0.15) is 19.0 Å². The average molecular weight is 468 g/mol. The summed E-state index contributed by atoms with van der Waals surface area (Å²) in [5.74, 6) is 2.44. The Morgan fingerprint density at radius 3 is 2.80 bits per heavy atom. The number of ether oxygens (including phenoxy) is 2. The second kappa shape index (κ2) is 8.14. The van der Waals surface area contributed by atoms with Gasteiger partial charge in [-0.3, -0.25) is 4.79 Å². The Morgan fingerprint density at radius 1 is 1.13 bits per heavy atom. The van der Waals surface area contributed by atoms with Crippen molar-refractivity contribution in [1.82, 2.24) is 9.55 Å². The molecule has 7 heteroatoms. The summed E-state index contributed by atoms with van der Waals surface area (Å²) in [5, 5.41) is 3.00. The Bertz CT molecular complexity index is 1090. The molecule has 1 N–H and O–H groups in total. The minimum Gasteiger partial charge on any atom is -0.486 e. The Labute approximate surface area is 183 Å². The number of benzene rings is 2. The van der Waals surface area contributed by atoms with Crippen LogP contribution in [-0.4, -0.2) is 28.7 Å². The van der Waals surface area contributed by atoms with E-state index < -0.39 is 0 Å². The summed E-state index contributed by atoms with van der Waals surface area (Å²) >= 11 is 3.53. The Kier molecular flexibility index (Phi) is 5.21. The standard InChI is InChI=1S/C23H22BrN3O3/c24-18-13-21-20(29-8-9-30-21)11-16(18)12-23(28)25-17-5-3-4-15(10-17)19-14-27-7-2-1-6-22(27)26-19/h3-5,10-11,13-14H,1-2,6-9,12H2,(H,25,28). The number of hydrogen-bond donors (Lipinski definition) is 1. The van der Waals surface area contributed by atoms with Crippen LogP contribution in [0.3, 0.4) is 0 Å². The molecule has 0 unspecified atom stereocenters. The van der Waals surface area contributed by atoms with E-state index in [4.69, 9.17) is 14.5 Å². The van der Waals surface area contributed by atoms with Crippen LogP contribution in [0.5, 0.6) is 11.5 Å². The van der Waals surface area contributed by atoms with Gasteiger partial charge in [-0.15, -0.1) is 0 Å². The van der Waals surface area contributed by atoms with Crippen molar-refractivity contribution in [2.24, 2.45) is 0 Å². The number of fused-ring (bicyclic) bond motifs is 2. The van der Waals surface area contributed by atoms with Crippen molar-refractivity contribution in [3.05, 3.63) is 58.5 Å². The summed E-state index contributed by atoms with van der Waals surface area (Å²) in [6.07, 6.45) is 5.78. The lowest BCUT2D eigenvalue weighted by molar-refractivity contribution is -0.115. The van der Waals surface area contributed by atoms with E-state index in [0.717, 1.165) is 45.8 Å². The minimum atomic E-state index is -0.0892. The molecule has 2 aromatic carbocycles. The topological polar surface area (TPSA) is 65.4 Å². The van der Waals surface area contributed by atoms with Gasteiger partial charge in [0.05, 0.1) is 12.1 Å². The molecule has 0 radical (unpaired) electrons. The van der Waals surface area contributed by atoms with Gasteiger partial charge in [-0.1, -0.05) is 28.1 Å². The predicted octanol–water partition coefficient (Wildman–Crippen LogP) is 4.60. The number of hydrogen-bond acceptors (Lipinski definition) is 4. The van der Waals surface area contributed by atoms with E-state index in [-0.39, 0.29) is 12.3 Å². The number of imidazole rings is 1. The third-order valence-corrected chi connectivity index (χ3v) is 6.15. The van der Waals surface area contributed by atoms with E-state index in [2.05, 4.69) is 32.0 Å². The number of carbonyl (C=O) groups excluding carboxylic acids is 1. The van der Waals surface area contributed by atoms with Gasteiger partial charge in [-0.05, 0) is 42.7 Å². The maximum absolute atomic E-state index is 12.7. The molecule has 30 heavy (non-hydrogen) atoms. The molecule has 3 aromatic rings. The molecule has 0 aliphatic carbocycles. The zero-order valence-electron chi connectivity index (χ0n) is 16.5. The largest absolute Gasteiger partial charge is 0.486 e. The van der Waals surface area contributed by atoms with Crippen LogP contribution in [0.4, 0.5) is 5.69 Å². The van der Waals surface area contributed by atoms with Gasteiger partial charge in [0, 0.05) is 34.9 Å². The lowest BCUT2D eigenvalue weighted by Crippen LogP contribution is -2.17. The lowest BCUT2D eigenvalue weighted by atomic mass is 10.1. The first kappa shape index (κ1) is 19.2. The van der Waals surface area contributed by atoms with Crippen LogP contribution >= 0.6 is 15.9 Å². The van der Waals surface area contributed by atoms with Crippen molar-refractivity contribution >= 4 is 27.5 Å². The van der Waals surface area contributed by atoms with Crippen LogP contribution in [-0.2, 0) is 24.2 Å². The van der Waals surface area contributed by atoms with E-state index in [0.29, 0.717) is 24.7 Å². The number of rotatable bonds is 4. The molecule has 2 aliphatic rings. The number of amides is 1. The highest BCUT2D eigenvalue weighted by Crippen LogP contribution is 2.36. The van der Waals surface area contributed by atoms with Gasteiger partial charge in [0.15, 0.2) is 11.5 Å². The van der Waals surface area contributed by atoms with Crippen molar-refractivity contribution in [3.63, 3.8) is 0 Å². The third-order valence-electron chi connectivity index (χ3n) is 5.41. The number of aromatic nitrogens is 2. The summed E-state index contributed by atoms with van der Waals surface area (Å²) in [6.45, 7) is 2.09. The number of aryl methyl sites for hydroxylation is 2. The van der Waals surface area contributed by atoms with Crippen molar-refractivity contribution in [2.75, 3.05) is 18.5 Å². The van der Waals surface area contributed by atoms with E-state index >= 15 is 0 Å². The van der Waals surface area contributed by atoms with Gasteiger partial charge in [0.2, 0.25) is 5.91 Å². The SMILES string of the molecule is O=C(Cc1cc2c(cc1Br)OCCO2)Nc1cccc(-c2cn3c(n2)CCCC3)c1. The second-order valence-corrected chi connectivity index (χ2v) is 8.44. The smallest absolute Gasteiger partial charge is 0.228 e. The van der Waals surface area contributed by atoms with Gasteiger partial charge >= 0.3 is 0 Å². The molecule has 0 spiro atoms. The fourth-order valence-electron chi connectivity index (χ4n) is 3.93. The molecule has 154 valence electrons. The third kappa shape index (κ3) is 3.94. The normalized spacial score (nSPS) is 14.8. The van der Waals surface area contributed by atoms with Gasteiger partial charge in [0.25, 0.3) is 0 Å². The maximum Gasteiger partial charge on any atom is 0.228 e. The molecule has 2 aliphatic heterocycles. The summed E-state index contributed by atoms with van der Waals surface area (Å²) in [5.41, 5.74) is 3.58. The fraction of sp³-hybridized carbons (Fsp3) is 0.304. The number of carbonyl (C=O) groups is 1. The van der Waals surface area contributed by atoms with Crippen LogP contribution in [0.25, 0.3) is 11.3 Å². The van der Waals surface area contributed by atoms with E-state index in [1.807, 2.05) is 36.4 Å². The molecule has 0 saturated heterocycles. The number of nitrogens with zero attached hydrogens (tertiary/aromatic N) is 2. The zero-order chi connectivity index (χ0) is 20.5. The van der Waals surface area contributed by atoms with Crippen LogP contribution in [0.1, 0.15) is 24.2 Å². The zero-order valence-corrected chi connectivity index (χ0v) is 18.1. The predicted molar refractivity (Wildman–Crippen MR) is 118 cm³/mol. The first-order valence-electron chi connectivity index (χ1n) is 10.2. The molecule has 0 atom stereocenters. The molecule has 0 saturated carbocycles. The Morgan fingerprint density at radius 2 is 1.97 bits per heavy atom.